The van der Waals surface area contributed by atoms with E-state index in [1.807, 2.05) is 36.4 Å². The second-order valence-electron chi connectivity index (χ2n) is 13.8. The van der Waals surface area contributed by atoms with Crippen molar-refractivity contribution in [2.75, 3.05) is 14.1 Å². The molecule has 4 bridgehead atoms. The second-order valence-corrected chi connectivity index (χ2v) is 13.8. The Morgan fingerprint density at radius 1 is 0.614 bits per heavy atom. The van der Waals surface area contributed by atoms with E-state index in [9.17, 15) is 14.4 Å². The fourth-order valence-electron chi connectivity index (χ4n) is 9.27. The molecule has 5 aliphatic rings. The molecule has 234 valence electrons. The van der Waals surface area contributed by atoms with Crippen molar-refractivity contribution in [2.24, 2.45) is 11.8 Å². The number of rotatable bonds is 7. The molecule has 0 spiro atoms. The van der Waals surface area contributed by atoms with Crippen LogP contribution in [-0.4, -0.2) is 84.3 Å². The maximum absolute atomic E-state index is 14.3. The highest BCUT2D eigenvalue weighted by molar-refractivity contribution is 5.87. The zero-order valence-electron chi connectivity index (χ0n) is 25.9. The van der Waals surface area contributed by atoms with Gasteiger partial charge in [-0.3, -0.25) is 19.3 Å². The van der Waals surface area contributed by atoms with E-state index in [1.54, 1.807) is 0 Å². The van der Waals surface area contributed by atoms with Gasteiger partial charge in [-0.25, -0.2) is 0 Å². The summed E-state index contributed by atoms with van der Waals surface area (Å²) in [6.07, 6.45) is 5.42. The molecule has 0 radical (unpaired) electrons. The van der Waals surface area contributed by atoms with Crippen molar-refractivity contribution in [2.45, 2.75) is 106 Å². The summed E-state index contributed by atoms with van der Waals surface area (Å²) in [5.74, 6) is -2.53. The average molecular weight is 601 g/mol. The van der Waals surface area contributed by atoms with Crippen molar-refractivity contribution < 1.29 is 28.6 Å². The van der Waals surface area contributed by atoms with Gasteiger partial charge in [0.1, 0.15) is 18.3 Å². The van der Waals surface area contributed by atoms with Crippen molar-refractivity contribution in [3.05, 3.63) is 71.8 Å². The van der Waals surface area contributed by atoms with E-state index in [1.165, 1.54) is 6.92 Å². The summed E-state index contributed by atoms with van der Waals surface area (Å²) in [4.78, 5) is 44.9. The Morgan fingerprint density at radius 2 is 1.09 bits per heavy atom. The van der Waals surface area contributed by atoms with E-state index in [0.717, 1.165) is 43.2 Å². The highest BCUT2D eigenvalue weighted by atomic mass is 16.6. The standard InChI is InChI=1S/C36H44N2O6/c1-21(39)42-30-19-26-18-28(20-29(30)38(26)3)44-36(41)34-32(23-12-8-5-9-13-23)31(22-10-6-4-7-11-22)33(34)35(40)43-27-16-24-14-15-25(17-27)37(24)2/h4-13,24-34H,14-20H2,1-3H3/t24-,25+,26-,27?,28-,29+,30-,31+,32+,33+,34-/m1/s1. The Hall–Kier alpha value is -3.23. The molecule has 4 heterocycles. The Kier molecular flexibility index (Phi) is 8.00. The number of hydrogen-bond acceptors (Lipinski definition) is 8. The molecule has 2 aromatic carbocycles. The number of hydrogen-bond donors (Lipinski definition) is 0. The van der Waals surface area contributed by atoms with E-state index in [0.29, 0.717) is 24.9 Å². The maximum atomic E-state index is 14.3. The smallest absolute Gasteiger partial charge is 0.310 e. The topological polar surface area (TPSA) is 85.4 Å². The van der Waals surface area contributed by atoms with Crippen molar-refractivity contribution in [3.8, 4) is 0 Å². The molecule has 1 unspecified atom stereocenters. The van der Waals surface area contributed by atoms with Crippen LogP contribution in [0.2, 0.25) is 0 Å². The zero-order valence-corrected chi connectivity index (χ0v) is 25.9. The van der Waals surface area contributed by atoms with Gasteiger partial charge in [-0.2, -0.15) is 0 Å². The van der Waals surface area contributed by atoms with Crippen LogP contribution in [0.4, 0.5) is 0 Å². The minimum atomic E-state index is -0.639. The molecule has 2 aromatic rings. The Morgan fingerprint density at radius 3 is 1.59 bits per heavy atom. The molecule has 0 amide bonds. The van der Waals surface area contributed by atoms with Gasteiger partial charge >= 0.3 is 17.9 Å². The number of carbonyl (C=O) groups is 3. The van der Waals surface area contributed by atoms with Crippen LogP contribution in [0.15, 0.2) is 60.7 Å². The third kappa shape index (κ3) is 5.34. The quantitative estimate of drug-likeness (QED) is 0.335. The van der Waals surface area contributed by atoms with Gasteiger partial charge in [0.2, 0.25) is 0 Å². The first-order chi connectivity index (χ1) is 21.3. The highest BCUT2D eigenvalue weighted by Gasteiger charge is 2.61. The first-order valence-corrected chi connectivity index (χ1v) is 16.4. The summed E-state index contributed by atoms with van der Waals surface area (Å²) in [6, 6.07) is 21.2. The van der Waals surface area contributed by atoms with Gasteiger partial charge in [0.15, 0.2) is 0 Å². The summed E-state index contributed by atoms with van der Waals surface area (Å²) in [6.45, 7) is 1.44. The van der Waals surface area contributed by atoms with Crippen LogP contribution in [0.1, 0.15) is 74.8 Å². The maximum Gasteiger partial charge on any atom is 0.310 e. The summed E-state index contributed by atoms with van der Waals surface area (Å²) < 4.78 is 18.3. The average Bonchev–Trinajstić information content (AvgIpc) is 3.27. The molecule has 0 N–H and O–H groups in total. The van der Waals surface area contributed by atoms with E-state index >= 15 is 0 Å². The fraction of sp³-hybridized carbons (Fsp3) is 0.583. The lowest BCUT2D eigenvalue weighted by molar-refractivity contribution is -0.181. The molecule has 8 heteroatoms. The van der Waals surface area contributed by atoms with Gasteiger partial charge in [0.05, 0.1) is 17.9 Å². The van der Waals surface area contributed by atoms with Crippen LogP contribution in [0.25, 0.3) is 0 Å². The number of fused-ring (bicyclic) bond motifs is 4. The van der Waals surface area contributed by atoms with Crippen molar-refractivity contribution in [1.29, 1.82) is 0 Å². The molecule has 4 aliphatic heterocycles. The van der Waals surface area contributed by atoms with Gasteiger partial charge in [0, 0.05) is 56.1 Å². The molecule has 5 fully saturated rings. The third-order valence-electron chi connectivity index (χ3n) is 11.5. The number of piperidine rings is 2. The molecule has 4 saturated heterocycles. The minimum Gasteiger partial charge on any atom is -0.462 e. The molecular formula is C36H44N2O6. The Bertz CT molecular complexity index is 1360. The van der Waals surface area contributed by atoms with Crippen LogP contribution in [-0.2, 0) is 28.6 Å². The lowest BCUT2D eigenvalue weighted by atomic mass is 9.52. The summed E-state index contributed by atoms with van der Waals surface area (Å²) >= 11 is 0. The summed E-state index contributed by atoms with van der Waals surface area (Å²) in [7, 11) is 4.23. The number of carbonyl (C=O) groups excluding carboxylic acids is 3. The molecule has 0 aromatic heterocycles. The van der Waals surface area contributed by atoms with Gasteiger partial charge in [0.25, 0.3) is 0 Å². The predicted molar refractivity (Wildman–Crippen MR) is 164 cm³/mol. The third-order valence-corrected chi connectivity index (χ3v) is 11.5. The number of esters is 3. The summed E-state index contributed by atoms with van der Waals surface area (Å²) in [5.41, 5.74) is 2.07. The first kappa shape index (κ1) is 29.5. The van der Waals surface area contributed by atoms with Crippen LogP contribution >= 0.6 is 0 Å². The van der Waals surface area contributed by atoms with Gasteiger partial charge in [-0.1, -0.05) is 60.7 Å². The molecule has 1 aliphatic carbocycles. The Balaban J connectivity index is 1.15. The van der Waals surface area contributed by atoms with Crippen LogP contribution in [0.3, 0.4) is 0 Å². The number of benzene rings is 2. The largest absolute Gasteiger partial charge is 0.462 e. The SMILES string of the molecule is CC(=O)O[C@@H]1C[C@H]2C[C@@H](OC(=O)[C@H]3[C@@H](C(=O)OC4C[C@H]5CC[C@@H](C4)N5C)[C@@H](c4ccccc4)[C@@H]3c3ccccc3)C[C@@H]1N2C. The predicted octanol–water partition coefficient (Wildman–Crippen LogP) is 4.68. The fourth-order valence-corrected chi connectivity index (χ4v) is 9.27. The van der Waals surface area contributed by atoms with E-state index in [-0.39, 0.29) is 60.1 Å². The van der Waals surface area contributed by atoms with Crippen molar-refractivity contribution >= 4 is 17.9 Å². The van der Waals surface area contributed by atoms with E-state index < -0.39 is 11.8 Å². The van der Waals surface area contributed by atoms with Crippen molar-refractivity contribution in [3.63, 3.8) is 0 Å². The lowest BCUT2D eigenvalue weighted by Gasteiger charge is -2.50. The minimum absolute atomic E-state index is 0.0133. The first-order valence-electron chi connectivity index (χ1n) is 16.4. The molecule has 1 saturated carbocycles. The van der Waals surface area contributed by atoms with Crippen LogP contribution < -0.4 is 0 Å². The van der Waals surface area contributed by atoms with E-state index in [2.05, 4.69) is 48.2 Å². The lowest BCUT2D eigenvalue weighted by Crippen LogP contribution is -2.54. The monoisotopic (exact) mass is 600 g/mol. The van der Waals surface area contributed by atoms with Crippen LogP contribution in [0.5, 0.6) is 0 Å². The number of ether oxygens (including phenoxy) is 3. The van der Waals surface area contributed by atoms with E-state index in [4.69, 9.17) is 14.2 Å². The molecule has 8 nitrogen and oxygen atoms in total. The van der Waals surface area contributed by atoms with Gasteiger partial charge < -0.3 is 19.1 Å². The number of nitrogens with zero attached hydrogens (tertiary/aromatic N) is 2. The normalized spacial score (nSPS) is 38.0. The second kappa shape index (κ2) is 11.9. The zero-order chi connectivity index (χ0) is 30.5. The molecule has 44 heavy (non-hydrogen) atoms. The molecule has 7 rings (SSSR count). The molecule has 11 atom stereocenters. The van der Waals surface area contributed by atoms with Crippen LogP contribution in [0, 0.1) is 11.8 Å². The van der Waals surface area contributed by atoms with Crippen molar-refractivity contribution in [1.82, 2.24) is 9.80 Å². The highest BCUT2D eigenvalue weighted by Crippen LogP contribution is 2.59. The number of likely N-dealkylation sites (N-methyl/N-ethyl adjacent to an activating group) is 1. The van der Waals surface area contributed by atoms with Gasteiger partial charge in [-0.05, 0) is 50.9 Å². The Labute approximate surface area is 260 Å². The van der Waals surface area contributed by atoms with Gasteiger partial charge in [-0.15, -0.1) is 0 Å². The summed E-state index contributed by atoms with van der Waals surface area (Å²) in [5, 5.41) is 0. The molecular weight excluding hydrogens is 556 g/mol.